The first-order chi connectivity index (χ1) is 12.8. The standard InChI is InChI=1S/C17H19F2N3O3S2/c18-14-9-15(19)11-16(10-14)27(24,25)20-2-3-21-4-6-22(7-5-21)17(23)13-1-8-26-12-13/h1,8-12,20H,2-7H2. The van der Waals surface area contributed by atoms with Crippen molar-refractivity contribution in [2.75, 3.05) is 39.3 Å². The molecule has 3 rings (SSSR count). The Hall–Kier alpha value is -1.88. The smallest absolute Gasteiger partial charge is 0.254 e. The van der Waals surface area contributed by atoms with Gasteiger partial charge in [0.2, 0.25) is 10.0 Å². The summed E-state index contributed by atoms with van der Waals surface area (Å²) in [5, 5.41) is 3.68. The third kappa shape index (κ3) is 5.10. The van der Waals surface area contributed by atoms with Gasteiger partial charge in [0.05, 0.1) is 10.5 Å². The van der Waals surface area contributed by atoms with Gasteiger partial charge in [0.25, 0.3) is 5.91 Å². The molecule has 6 nitrogen and oxygen atoms in total. The number of carbonyl (C=O) groups excluding carboxylic acids is 1. The molecule has 1 fully saturated rings. The molecule has 0 bridgehead atoms. The van der Waals surface area contributed by atoms with E-state index in [-0.39, 0.29) is 12.5 Å². The molecule has 1 saturated heterocycles. The minimum Gasteiger partial charge on any atom is -0.336 e. The lowest BCUT2D eigenvalue weighted by atomic mass is 10.2. The van der Waals surface area contributed by atoms with Crippen LogP contribution in [0.15, 0.2) is 39.9 Å². The van der Waals surface area contributed by atoms with Gasteiger partial charge >= 0.3 is 0 Å². The Bertz CT molecular complexity index is 876. The van der Waals surface area contributed by atoms with Gasteiger partial charge in [-0.25, -0.2) is 21.9 Å². The SMILES string of the molecule is O=C(c1ccsc1)N1CCN(CCNS(=O)(=O)c2cc(F)cc(F)c2)CC1. The predicted octanol–water partition coefficient (Wildman–Crippen LogP) is 1.76. The van der Waals surface area contributed by atoms with Gasteiger partial charge < -0.3 is 4.90 Å². The predicted molar refractivity (Wildman–Crippen MR) is 98.2 cm³/mol. The first-order valence-corrected chi connectivity index (χ1v) is 10.8. The van der Waals surface area contributed by atoms with Crippen LogP contribution in [0.4, 0.5) is 8.78 Å². The third-order valence-electron chi connectivity index (χ3n) is 4.29. The van der Waals surface area contributed by atoms with E-state index in [1.54, 1.807) is 11.0 Å². The second-order valence-corrected chi connectivity index (χ2v) is 8.70. The molecule has 10 heteroatoms. The number of halogens is 2. The minimum absolute atomic E-state index is 0.00438. The summed E-state index contributed by atoms with van der Waals surface area (Å²) in [5.74, 6) is -1.88. The summed E-state index contributed by atoms with van der Waals surface area (Å²) < 4.78 is 53.0. The fourth-order valence-electron chi connectivity index (χ4n) is 2.85. The van der Waals surface area contributed by atoms with E-state index in [1.165, 1.54) is 11.3 Å². The molecule has 0 aliphatic carbocycles. The van der Waals surface area contributed by atoms with E-state index in [2.05, 4.69) is 4.72 Å². The van der Waals surface area contributed by atoms with E-state index < -0.39 is 26.6 Å². The maximum atomic E-state index is 13.2. The first kappa shape index (κ1) is 19.9. The number of amides is 1. The highest BCUT2D eigenvalue weighted by atomic mass is 32.2. The number of rotatable bonds is 6. The van der Waals surface area contributed by atoms with Crippen LogP contribution in [0.25, 0.3) is 0 Å². The van der Waals surface area contributed by atoms with Gasteiger partial charge in [-0.3, -0.25) is 9.69 Å². The van der Waals surface area contributed by atoms with Gasteiger partial charge in [-0.1, -0.05) is 0 Å². The van der Waals surface area contributed by atoms with E-state index in [1.807, 2.05) is 15.7 Å². The second-order valence-electron chi connectivity index (χ2n) is 6.15. The molecule has 0 atom stereocenters. The van der Waals surface area contributed by atoms with Crippen molar-refractivity contribution in [2.45, 2.75) is 4.90 Å². The van der Waals surface area contributed by atoms with E-state index in [9.17, 15) is 22.0 Å². The summed E-state index contributed by atoms with van der Waals surface area (Å²) in [7, 11) is -3.98. The highest BCUT2D eigenvalue weighted by Crippen LogP contribution is 2.14. The molecule has 0 saturated carbocycles. The molecule has 0 unspecified atom stereocenters. The first-order valence-electron chi connectivity index (χ1n) is 8.35. The van der Waals surface area contributed by atoms with Crippen molar-refractivity contribution >= 4 is 27.3 Å². The Morgan fingerprint density at radius 3 is 2.37 bits per heavy atom. The lowest BCUT2D eigenvalue weighted by Gasteiger charge is -2.34. The van der Waals surface area contributed by atoms with E-state index in [0.29, 0.717) is 44.4 Å². The van der Waals surface area contributed by atoms with Crippen molar-refractivity contribution in [3.8, 4) is 0 Å². The lowest BCUT2D eigenvalue weighted by Crippen LogP contribution is -2.50. The lowest BCUT2D eigenvalue weighted by molar-refractivity contribution is 0.0640. The van der Waals surface area contributed by atoms with Crippen molar-refractivity contribution in [3.63, 3.8) is 0 Å². The van der Waals surface area contributed by atoms with Crippen LogP contribution in [0.5, 0.6) is 0 Å². The summed E-state index contributed by atoms with van der Waals surface area (Å²) in [5.41, 5.74) is 0.684. The molecule has 1 N–H and O–H groups in total. The van der Waals surface area contributed by atoms with Crippen molar-refractivity contribution < 1.29 is 22.0 Å². The van der Waals surface area contributed by atoms with Crippen LogP contribution < -0.4 is 4.72 Å². The summed E-state index contributed by atoms with van der Waals surface area (Å²) in [6, 6.07) is 3.97. The molecule has 1 aromatic heterocycles. The average molecular weight is 415 g/mol. The number of benzene rings is 1. The number of nitrogens with one attached hydrogen (secondary N) is 1. The van der Waals surface area contributed by atoms with Crippen molar-refractivity contribution in [1.29, 1.82) is 0 Å². The van der Waals surface area contributed by atoms with Crippen LogP contribution in [0.3, 0.4) is 0 Å². The molecule has 0 spiro atoms. The minimum atomic E-state index is -3.98. The molecule has 1 aliphatic rings. The normalized spacial score (nSPS) is 15.9. The number of carbonyl (C=O) groups is 1. The van der Waals surface area contributed by atoms with Gasteiger partial charge in [-0.2, -0.15) is 11.3 Å². The quantitative estimate of drug-likeness (QED) is 0.781. The van der Waals surface area contributed by atoms with Gasteiger partial charge in [0.15, 0.2) is 0 Å². The maximum absolute atomic E-state index is 13.2. The molecular formula is C17H19F2N3O3S2. The van der Waals surface area contributed by atoms with Crippen LogP contribution in [0.2, 0.25) is 0 Å². The van der Waals surface area contributed by atoms with Crippen molar-refractivity contribution in [1.82, 2.24) is 14.5 Å². The monoisotopic (exact) mass is 415 g/mol. The molecule has 0 radical (unpaired) electrons. The summed E-state index contributed by atoms with van der Waals surface area (Å²) in [6.07, 6.45) is 0. The molecular weight excluding hydrogens is 396 g/mol. The zero-order valence-electron chi connectivity index (χ0n) is 14.4. The van der Waals surface area contributed by atoms with Crippen molar-refractivity contribution in [2.24, 2.45) is 0 Å². The Morgan fingerprint density at radius 2 is 1.78 bits per heavy atom. The highest BCUT2D eigenvalue weighted by molar-refractivity contribution is 7.89. The molecule has 1 amide bonds. The third-order valence-corrected chi connectivity index (χ3v) is 6.42. The van der Waals surface area contributed by atoms with Crippen molar-refractivity contribution in [3.05, 3.63) is 52.2 Å². The summed E-state index contributed by atoms with van der Waals surface area (Å²) in [6.45, 7) is 2.95. The zero-order valence-corrected chi connectivity index (χ0v) is 16.0. The Balaban J connectivity index is 1.47. The fraction of sp³-hybridized carbons (Fsp3) is 0.353. The average Bonchev–Trinajstić information content (AvgIpc) is 3.15. The fourth-order valence-corrected chi connectivity index (χ4v) is 4.54. The van der Waals surface area contributed by atoms with Gasteiger partial charge in [-0.05, 0) is 23.6 Å². The van der Waals surface area contributed by atoms with E-state index in [4.69, 9.17) is 0 Å². The molecule has 1 aromatic carbocycles. The van der Waals surface area contributed by atoms with Gasteiger partial charge in [0, 0.05) is 50.7 Å². The van der Waals surface area contributed by atoms with Crippen LogP contribution in [0, 0.1) is 11.6 Å². The second kappa shape index (κ2) is 8.42. The molecule has 2 aromatic rings. The summed E-state index contributed by atoms with van der Waals surface area (Å²) >= 11 is 1.48. The number of nitrogens with zero attached hydrogens (tertiary/aromatic N) is 2. The van der Waals surface area contributed by atoms with Crippen LogP contribution >= 0.6 is 11.3 Å². The molecule has 2 heterocycles. The largest absolute Gasteiger partial charge is 0.336 e. The Kier molecular flexibility index (Phi) is 6.20. The summed E-state index contributed by atoms with van der Waals surface area (Å²) in [4.78, 5) is 15.7. The number of piperazine rings is 1. The number of hydrogen-bond donors (Lipinski definition) is 1. The number of sulfonamides is 1. The zero-order chi connectivity index (χ0) is 19.4. The molecule has 146 valence electrons. The van der Waals surface area contributed by atoms with Gasteiger partial charge in [-0.15, -0.1) is 0 Å². The molecule has 27 heavy (non-hydrogen) atoms. The maximum Gasteiger partial charge on any atom is 0.254 e. The van der Waals surface area contributed by atoms with Crippen LogP contribution in [-0.4, -0.2) is 63.4 Å². The topological polar surface area (TPSA) is 69.7 Å². The Labute approximate surface area is 160 Å². The number of hydrogen-bond acceptors (Lipinski definition) is 5. The van der Waals surface area contributed by atoms with Gasteiger partial charge in [0.1, 0.15) is 11.6 Å². The molecule has 1 aliphatic heterocycles. The highest BCUT2D eigenvalue weighted by Gasteiger charge is 2.23. The van der Waals surface area contributed by atoms with Crippen LogP contribution in [0.1, 0.15) is 10.4 Å². The Morgan fingerprint density at radius 1 is 1.11 bits per heavy atom. The van der Waals surface area contributed by atoms with E-state index in [0.717, 1.165) is 12.1 Å². The van der Waals surface area contributed by atoms with E-state index >= 15 is 0 Å². The van der Waals surface area contributed by atoms with Crippen LogP contribution in [-0.2, 0) is 10.0 Å². The number of thiophene rings is 1.